The number of carbonyl (C=O) groups is 2. The summed E-state index contributed by atoms with van der Waals surface area (Å²) in [5.74, 6) is 0.407. The number of nitrogens with one attached hydrogen (secondary N) is 1. The second kappa shape index (κ2) is 11.8. The van der Waals surface area contributed by atoms with Crippen LogP contribution in [0.5, 0.6) is 11.5 Å². The van der Waals surface area contributed by atoms with Crippen LogP contribution in [0.3, 0.4) is 0 Å². The van der Waals surface area contributed by atoms with Gasteiger partial charge in [-0.1, -0.05) is 81.1 Å². The second-order valence-corrected chi connectivity index (χ2v) is 11.4. The fourth-order valence-corrected chi connectivity index (χ4v) is 4.91. The third kappa shape index (κ3) is 6.62. The van der Waals surface area contributed by atoms with Crippen molar-refractivity contribution in [3.63, 3.8) is 0 Å². The van der Waals surface area contributed by atoms with Gasteiger partial charge in [0.15, 0.2) is 15.8 Å². The van der Waals surface area contributed by atoms with Crippen LogP contribution in [0.25, 0.3) is 6.08 Å². The molecule has 3 aromatic carbocycles. The van der Waals surface area contributed by atoms with E-state index in [1.807, 2.05) is 31.2 Å². The van der Waals surface area contributed by atoms with Crippen molar-refractivity contribution in [1.29, 1.82) is 0 Å². The number of hydrogen-bond donors (Lipinski definition) is 1. The smallest absolute Gasteiger partial charge is 0.285 e. The van der Waals surface area contributed by atoms with Crippen molar-refractivity contribution in [3.05, 3.63) is 100.0 Å². The van der Waals surface area contributed by atoms with Crippen molar-refractivity contribution in [2.45, 2.75) is 39.7 Å². The van der Waals surface area contributed by atoms with Crippen LogP contribution >= 0.6 is 24.0 Å². The lowest BCUT2D eigenvalue weighted by atomic mass is 9.87. The molecular weight excluding hydrogens is 516 g/mol. The van der Waals surface area contributed by atoms with Gasteiger partial charge in [-0.2, -0.15) is 5.01 Å². The Morgan fingerprint density at radius 1 is 1.00 bits per heavy atom. The quantitative estimate of drug-likeness (QED) is 0.257. The van der Waals surface area contributed by atoms with E-state index in [-0.39, 0.29) is 15.6 Å². The molecule has 0 aliphatic carbocycles. The highest BCUT2D eigenvalue weighted by Crippen LogP contribution is 2.34. The maximum absolute atomic E-state index is 13.0. The first-order valence-corrected chi connectivity index (χ1v) is 13.5. The topological polar surface area (TPSA) is 67.9 Å². The zero-order valence-corrected chi connectivity index (χ0v) is 23.4. The number of thioether (sulfide) groups is 1. The minimum atomic E-state index is -0.406. The van der Waals surface area contributed by atoms with Gasteiger partial charge in [-0.25, -0.2) is 0 Å². The molecule has 0 spiro atoms. The lowest BCUT2D eigenvalue weighted by Crippen LogP contribution is -2.44. The molecule has 0 radical (unpaired) electrons. The van der Waals surface area contributed by atoms with E-state index in [9.17, 15) is 9.59 Å². The summed E-state index contributed by atoms with van der Waals surface area (Å²) in [5, 5.41) is 1.10. The van der Waals surface area contributed by atoms with Gasteiger partial charge in [0.1, 0.15) is 6.61 Å². The third-order valence-corrected chi connectivity index (χ3v) is 7.12. The van der Waals surface area contributed by atoms with Gasteiger partial charge in [0, 0.05) is 5.56 Å². The molecule has 0 unspecified atom stereocenters. The van der Waals surface area contributed by atoms with Gasteiger partial charge in [-0.3, -0.25) is 15.0 Å². The zero-order valence-electron chi connectivity index (χ0n) is 21.8. The first-order chi connectivity index (χ1) is 18.2. The summed E-state index contributed by atoms with van der Waals surface area (Å²) >= 11 is 6.47. The first-order valence-electron chi connectivity index (χ1n) is 12.3. The molecule has 4 rings (SSSR count). The van der Waals surface area contributed by atoms with Gasteiger partial charge < -0.3 is 9.47 Å². The molecule has 1 aliphatic rings. The molecule has 2 amide bonds. The molecule has 6 nitrogen and oxygen atoms in total. The van der Waals surface area contributed by atoms with Crippen molar-refractivity contribution in [2.24, 2.45) is 0 Å². The van der Waals surface area contributed by atoms with Crippen LogP contribution in [0.15, 0.2) is 77.7 Å². The monoisotopic (exact) mass is 546 g/mol. The maximum Gasteiger partial charge on any atom is 0.285 e. The molecular formula is C30H30N2O4S2. The van der Waals surface area contributed by atoms with Crippen molar-refractivity contribution in [3.8, 4) is 11.5 Å². The van der Waals surface area contributed by atoms with Crippen LogP contribution in [0.1, 0.15) is 54.7 Å². The van der Waals surface area contributed by atoms with Gasteiger partial charge in [-0.15, -0.1) is 0 Å². The van der Waals surface area contributed by atoms with E-state index in [1.165, 1.54) is 5.56 Å². The Balaban J connectivity index is 1.46. The Morgan fingerprint density at radius 2 is 1.71 bits per heavy atom. The fraction of sp³-hybridized carbons (Fsp3) is 0.233. The van der Waals surface area contributed by atoms with Gasteiger partial charge in [0.2, 0.25) is 0 Å². The van der Waals surface area contributed by atoms with E-state index in [0.29, 0.717) is 35.2 Å². The average Bonchev–Trinajstić information content (AvgIpc) is 3.16. The minimum absolute atomic E-state index is 0.0963. The van der Waals surface area contributed by atoms with Crippen molar-refractivity contribution < 1.29 is 19.1 Å². The highest BCUT2D eigenvalue weighted by atomic mass is 32.2. The minimum Gasteiger partial charge on any atom is -0.490 e. The van der Waals surface area contributed by atoms with Crippen LogP contribution < -0.4 is 14.9 Å². The molecule has 0 bridgehead atoms. The molecule has 1 saturated heterocycles. The normalized spacial score (nSPS) is 14.6. The SMILES string of the molecule is CCOc1cc(/C=C2/SC(=S)N(NC(=O)c3ccccc3)C2=O)ccc1OCc1ccc(C(C)(C)C)cc1. The molecule has 1 aliphatic heterocycles. The number of ether oxygens (including phenoxy) is 2. The first kappa shape index (κ1) is 27.4. The average molecular weight is 547 g/mol. The molecule has 1 fully saturated rings. The van der Waals surface area contributed by atoms with Crippen LogP contribution in [0.4, 0.5) is 0 Å². The maximum atomic E-state index is 13.0. The summed E-state index contributed by atoms with van der Waals surface area (Å²) in [6.07, 6.45) is 1.73. The largest absolute Gasteiger partial charge is 0.490 e. The summed E-state index contributed by atoms with van der Waals surface area (Å²) in [6, 6.07) is 22.6. The van der Waals surface area contributed by atoms with E-state index < -0.39 is 5.91 Å². The van der Waals surface area contributed by atoms with Gasteiger partial charge >= 0.3 is 0 Å². The highest BCUT2D eigenvalue weighted by Gasteiger charge is 2.33. The van der Waals surface area contributed by atoms with E-state index in [2.05, 4.69) is 50.5 Å². The van der Waals surface area contributed by atoms with Crippen molar-refractivity contribution >= 4 is 46.2 Å². The molecule has 0 aromatic heterocycles. The van der Waals surface area contributed by atoms with E-state index in [1.54, 1.807) is 30.3 Å². The van der Waals surface area contributed by atoms with Crippen molar-refractivity contribution in [2.75, 3.05) is 6.61 Å². The number of rotatable bonds is 8. The molecule has 0 atom stereocenters. The summed E-state index contributed by atoms with van der Waals surface area (Å²) in [4.78, 5) is 25.9. The summed E-state index contributed by atoms with van der Waals surface area (Å²) < 4.78 is 12.2. The van der Waals surface area contributed by atoms with Crippen molar-refractivity contribution in [1.82, 2.24) is 10.4 Å². The summed E-state index contributed by atoms with van der Waals surface area (Å²) in [5.41, 5.74) is 6.21. The van der Waals surface area contributed by atoms with Crippen LogP contribution in [-0.4, -0.2) is 27.8 Å². The Morgan fingerprint density at radius 3 is 2.37 bits per heavy atom. The molecule has 1 N–H and O–H groups in total. The van der Waals surface area contributed by atoms with Crippen LogP contribution in [0, 0.1) is 0 Å². The molecule has 0 saturated carbocycles. The van der Waals surface area contributed by atoms with E-state index in [4.69, 9.17) is 21.7 Å². The third-order valence-electron chi connectivity index (χ3n) is 5.82. The predicted octanol–water partition coefficient (Wildman–Crippen LogP) is 6.51. The number of amides is 2. The lowest BCUT2D eigenvalue weighted by Gasteiger charge is -2.19. The highest BCUT2D eigenvalue weighted by molar-refractivity contribution is 8.26. The second-order valence-electron chi connectivity index (χ2n) is 9.70. The fourth-order valence-electron chi connectivity index (χ4n) is 3.74. The Hall–Kier alpha value is -3.62. The molecule has 8 heteroatoms. The Labute approximate surface area is 233 Å². The Bertz CT molecular complexity index is 1360. The molecule has 1 heterocycles. The molecule has 38 heavy (non-hydrogen) atoms. The van der Waals surface area contributed by atoms with Gasteiger partial charge in [0.05, 0.1) is 11.5 Å². The molecule has 3 aromatic rings. The zero-order chi connectivity index (χ0) is 27.3. The number of nitrogens with zero attached hydrogens (tertiary/aromatic N) is 1. The summed E-state index contributed by atoms with van der Waals surface area (Å²) in [6.45, 7) is 9.34. The van der Waals surface area contributed by atoms with E-state index >= 15 is 0 Å². The number of thiocarbonyl (C=S) groups is 1. The lowest BCUT2D eigenvalue weighted by molar-refractivity contribution is -0.123. The van der Waals surface area contributed by atoms with Gasteiger partial charge in [0.25, 0.3) is 11.8 Å². The summed E-state index contributed by atoms with van der Waals surface area (Å²) in [7, 11) is 0. The number of benzene rings is 3. The number of hydrazine groups is 1. The number of carbonyl (C=O) groups excluding carboxylic acids is 2. The molecule has 196 valence electrons. The van der Waals surface area contributed by atoms with Crippen LogP contribution in [-0.2, 0) is 16.8 Å². The van der Waals surface area contributed by atoms with Gasteiger partial charge in [-0.05, 0) is 71.6 Å². The standard InChI is InChI=1S/C30H30N2O4S2/c1-5-35-25-17-21(13-16-24(25)36-19-20-11-14-23(15-12-20)30(2,3)4)18-26-28(34)32(29(37)38-26)31-27(33)22-9-7-6-8-10-22/h6-18H,5,19H2,1-4H3,(H,31,33)/b26-18+. The number of hydrogen-bond acceptors (Lipinski definition) is 6. The van der Waals surface area contributed by atoms with Crippen LogP contribution in [0.2, 0.25) is 0 Å². The van der Waals surface area contributed by atoms with E-state index in [0.717, 1.165) is 27.9 Å². The predicted molar refractivity (Wildman–Crippen MR) is 156 cm³/mol. The Kier molecular flexibility index (Phi) is 8.54.